The van der Waals surface area contributed by atoms with Gasteiger partial charge in [0.05, 0.1) is 44.3 Å². The number of halogens is 1. The van der Waals surface area contributed by atoms with Gasteiger partial charge in [-0.25, -0.2) is 9.37 Å². The SMILES string of the molecule is COc1cc(-c2cnc3cc(F)cc(C)c3n2)cc(OC)c1OC. The minimum Gasteiger partial charge on any atom is -0.493 e. The molecule has 0 radical (unpaired) electrons. The second-order valence-corrected chi connectivity index (χ2v) is 5.26. The molecule has 2 aromatic carbocycles. The summed E-state index contributed by atoms with van der Waals surface area (Å²) in [5, 5.41) is 0. The zero-order chi connectivity index (χ0) is 17.3. The van der Waals surface area contributed by atoms with Crippen LogP contribution < -0.4 is 14.2 Å². The normalized spacial score (nSPS) is 10.7. The van der Waals surface area contributed by atoms with E-state index in [9.17, 15) is 4.39 Å². The highest BCUT2D eigenvalue weighted by atomic mass is 19.1. The van der Waals surface area contributed by atoms with Gasteiger partial charge in [-0.15, -0.1) is 0 Å². The molecule has 1 aromatic heterocycles. The molecule has 3 aromatic rings. The highest BCUT2D eigenvalue weighted by molar-refractivity contribution is 5.81. The molecule has 0 spiro atoms. The van der Waals surface area contributed by atoms with Gasteiger partial charge in [0.25, 0.3) is 0 Å². The quantitative estimate of drug-likeness (QED) is 0.730. The summed E-state index contributed by atoms with van der Waals surface area (Å²) in [6.07, 6.45) is 1.60. The third kappa shape index (κ3) is 2.71. The highest BCUT2D eigenvalue weighted by Gasteiger charge is 2.15. The third-order valence-corrected chi connectivity index (χ3v) is 3.76. The average Bonchev–Trinajstić information content (AvgIpc) is 2.59. The summed E-state index contributed by atoms with van der Waals surface area (Å²) in [7, 11) is 4.66. The number of hydrogen-bond acceptors (Lipinski definition) is 5. The molecule has 0 saturated heterocycles. The van der Waals surface area contributed by atoms with Crippen LogP contribution in [0.1, 0.15) is 5.56 Å². The van der Waals surface area contributed by atoms with Crippen molar-refractivity contribution in [2.45, 2.75) is 6.92 Å². The molecule has 3 rings (SSSR count). The summed E-state index contributed by atoms with van der Waals surface area (Å²) in [5.41, 5.74) is 3.30. The summed E-state index contributed by atoms with van der Waals surface area (Å²) in [6.45, 7) is 1.80. The second kappa shape index (κ2) is 6.31. The van der Waals surface area contributed by atoms with Gasteiger partial charge in [0.15, 0.2) is 11.5 Å². The summed E-state index contributed by atoms with van der Waals surface area (Å²) < 4.78 is 29.5. The Morgan fingerprint density at radius 1 is 0.917 bits per heavy atom. The van der Waals surface area contributed by atoms with Crippen LogP contribution in [0, 0.1) is 12.7 Å². The van der Waals surface area contributed by atoms with E-state index in [4.69, 9.17) is 14.2 Å². The maximum absolute atomic E-state index is 13.5. The number of fused-ring (bicyclic) bond motifs is 1. The fraction of sp³-hybridized carbons (Fsp3) is 0.222. The first-order chi connectivity index (χ1) is 11.6. The zero-order valence-electron chi connectivity index (χ0n) is 13.9. The number of nitrogens with zero attached hydrogens (tertiary/aromatic N) is 2. The molecule has 0 N–H and O–H groups in total. The number of aryl methyl sites for hydroxylation is 1. The smallest absolute Gasteiger partial charge is 0.203 e. The van der Waals surface area contributed by atoms with Gasteiger partial charge < -0.3 is 14.2 Å². The van der Waals surface area contributed by atoms with Gasteiger partial charge in [-0.1, -0.05) is 0 Å². The lowest BCUT2D eigenvalue weighted by Crippen LogP contribution is -1.97. The predicted molar refractivity (Wildman–Crippen MR) is 89.3 cm³/mol. The maximum atomic E-state index is 13.5. The van der Waals surface area contributed by atoms with Crippen LogP contribution in [0.5, 0.6) is 17.2 Å². The van der Waals surface area contributed by atoms with Gasteiger partial charge in [-0.3, -0.25) is 4.98 Å². The van der Waals surface area contributed by atoms with Crippen molar-refractivity contribution in [1.82, 2.24) is 9.97 Å². The maximum Gasteiger partial charge on any atom is 0.203 e. The van der Waals surface area contributed by atoms with Gasteiger partial charge in [-0.05, 0) is 30.7 Å². The van der Waals surface area contributed by atoms with E-state index >= 15 is 0 Å². The topological polar surface area (TPSA) is 53.5 Å². The van der Waals surface area contributed by atoms with Gasteiger partial charge in [0.2, 0.25) is 5.75 Å². The van der Waals surface area contributed by atoms with E-state index in [0.717, 1.165) is 11.1 Å². The van der Waals surface area contributed by atoms with Crippen molar-refractivity contribution < 1.29 is 18.6 Å². The molecule has 0 aliphatic heterocycles. The Morgan fingerprint density at radius 2 is 1.58 bits per heavy atom. The number of ether oxygens (including phenoxy) is 3. The molecule has 0 bridgehead atoms. The molecule has 0 unspecified atom stereocenters. The summed E-state index contributed by atoms with van der Waals surface area (Å²) >= 11 is 0. The van der Waals surface area contributed by atoms with Gasteiger partial charge in [0, 0.05) is 11.6 Å². The van der Waals surface area contributed by atoms with Crippen molar-refractivity contribution in [2.24, 2.45) is 0 Å². The molecule has 124 valence electrons. The summed E-state index contributed by atoms with van der Waals surface area (Å²) in [5.74, 6) is 1.25. The first-order valence-electron chi connectivity index (χ1n) is 7.30. The van der Waals surface area contributed by atoms with E-state index in [1.807, 2.05) is 0 Å². The molecular formula is C18H17FN2O3. The number of rotatable bonds is 4. The van der Waals surface area contributed by atoms with Crippen molar-refractivity contribution in [3.05, 3.63) is 41.8 Å². The Kier molecular flexibility index (Phi) is 4.20. The first kappa shape index (κ1) is 16.0. The van der Waals surface area contributed by atoms with E-state index in [1.54, 1.807) is 46.6 Å². The molecule has 0 saturated carbocycles. The Morgan fingerprint density at radius 3 is 2.17 bits per heavy atom. The Balaban J connectivity index is 2.20. The van der Waals surface area contributed by atoms with Crippen molar-refractivity contribution in [1.29, 1.82) is 0 Å². The van der Waals surface area contributed by atoms with Crippen molar-refractivity contribution in [2.75, 3.05) is 21.3 Å². The van der Waals surface area contributed by atoms with Crippen LogP contribution in [0.4, 0.5) is 4.39 Å². The minimum atomic E-state index is -0.324. The molecule has 24 heavy (non-hydrogen) atoms. The van der Waals surface area contributed by atoms with E-state index < -0.39 is 0 Å². The molecule has 6 heteroatoms. The number of benzene rings is 2. The zero-order valence-corrected chi connectivity index (χ0v) is 13.9. The lowest BCUT2D eigenvalue weighted by Gasteiger charge is -2.14. The fourth-order valence-corrected chi connectivity index (χ4v) is 2.61. The number of methoxy groups -OCH3 is 3. The van der Waals surface area contributed by atoms with Crippen LogP contribution in [0.25, 0.3) is 22.3 Å². The predicted octanol–water partition coefficient (Wildman–Crippen LogP) is 3.77. The van der Waals surface area contributed by atoms with Gasteiger partial charge >= 0.3 is 0 Å². The molecule has 1 heterocycles. The lowest BCUT2D eigenvalue weighted by molar-refractivity contribution is 0.324. The highest BCUT2D eigenvalue weighted by Crippen LogP contribution is 2.40. The molecule has 5 nitrogen and oxygen atoms in total. The van der Waals surface area contributed by atoms with E-state index in [-0.39, 0.29) is 5.82 Å². The molecule has 0 amide bonds. The number of aromatic nitrogens is 2. The van der Waals surface area contributed by atoms with E-state index in [0.29, 0.717) is 34.0 Å². The number of hydrogen-bond donors (Lipinski definition) is 0. The Labute approximate surface area is 139 Å². The van der Waals surface area contributed by atoms with Crippen LogP contribution in [0.2, 0.25) is 0 Å². The van der Waals surface area contributed by atoms with Crippen LogP contribution >= 0.6 is 0 Å². The van der Waals surface area contributed by atoms with Gasteiger partial charge in [0.1, 0.15) is 5.82 Å². The molecule has 0 aliphatic rings. The monoisotopic (exact) mass is 328 g/mol. The first-order valence-corrected chi connectivity index (χ1v) is 7.30. The standard InChI is InChI=1S/C18H17FN2O3/c1-10-5-12(19)8-13-17(10)21-14(9-20-13)11-6-15(22-2)18(24-4)16(7-11)23-3/h5-9H,1-4H3. The largest absolute Gasteiger partial charge is 0.493 e. The lowest BCUT2D eigenvalue weighted by atomic mass is 10.1. The molecule has 0 atom stereocenters. The van der Waals surface area contributed by atoms with E-state index in [2.05, 4.69) is 9.97 Å². The third-order valence-electron chi connectivity index (χ3n) is 3.76. The van der Waals surface area contributed by atoms with E-state index in [1.165, 1.54) is 12.1 Å². The van der Waals surface area contributed by atoms with Crippen molar-refractivity contribution in [3.8, 4) is 28.5 Å². The minimum absolute atomic E-state index is 0.324. The molecular weight excluding hydrogens is 311 g/mol. The van der Waals surface area contributed by atoms with Gasteiger partial charge in [-0.2, -0.15) is 0 Å². The molecule has 0 aliphatic carbocycles. The van der Waals surface area contributed by atoms with Crippen molar-refractivity contribution >= 4 is 11.0 Å². The Hall–Kier alpha value is -2.89. The van der Waals surface area contributed by atoms with Crippen LogP contribution in [0.15, 0.2) is 30.5 Å². The average molecular weight is 328 g/mol. The van der Waals surface area contributed by atoms with Crippen LogP contribution in [-0.2, 0) is 0 Å². The Bertz CT molecular complexity index is 887. The van der Waals surface area contributed by atoms with Crippen LogP contribution in [-0.4, -0.2) is 31.3 Å². The second-order valence-electron chi connectivity index (χ2n) is 5.26. The summed E-state index contributed by atoms with van der Waals surface area (Å²) in [6, 6.07) is 6.41. The summed E-state index contributed by atoms with van der Waals surface area (Å²) in [4.78, 5) is 8.93. The fourth-order valence-electron chi connectivity index (χ4n) is 2.61. The van der Waals surface area contributed by atoms with Crippen LogP contribution in [0.3, 0.4) is 0 Å². The van der Waals surface area contributed by atoms with Crippen molar-refractivity contribution in [3.63, 3.8) is 0 Å². The molecule has 0 fully saturated rings.